The van der Waals surface area contributed by atoms with E-state index in [0.29, 0.717) is 12.6 Å². The second-order valence-electron chi connectivity index (χ2n) is 4.60. The van der Waals surface area contributed by atoms with Crippen molar-refractivity contribution in [1.29, 1.82) is 0 Å². The van der Waals surface area contributed by atoms with E-state index in [0.717, 1.165) is 17.6 Å². The van der Waals surface area contributed by atoms with Crippen LogP contribution in [0.1, 0.15) is 25.5 Å². The summed E-state index contributed by atoms with van der Waals surface area (Å²) < 4.78 is 6.30. The summed E-state index contributed by atoms with van der Waals surface area (Å²) in [4.78, 5) is 2.38. The molecule has 1 atom stereocenters. The predicted molar refractivity (Wildman–Crippen MR) is 79.7 cm³/mol. The number of nitrogens with zero attached hydrogens (tertiary/aromatic N) is 1. The number of benzene rings is 1. The Morgan fingerprint density at radius 2 is 2.00 bits per heavy atom. The van der Waals surface area contributed by atoms with Crippen LogP contribution >= 0.6 is 15.9 Å². The molecule has 1 aromatic rings. The molecule has 0 radical (unpaired) electrons. The molecule has 0 saturated heterocycles. The number of hydrogen-bond acceptors (Lipinski definition) is 3. The van der Waals surface area contributed by atoms with Crippen LogP contribution in [-0.2, 0) is 4.74 Å². The first-order valence-corrected chi connectivity index (χ1v) is 7.10. The Balaban J connectivity index is 2.95. The third kappa shape index (κ3) is 4.05. The normalized spacial score (nSPS) is 13.3. The number of rotatable bonds is 7. The fraction of sp³-hybridized carbons (Fsp3) is 0.571. The van der Waals surface area contributed by atoms with Crippen molar-refractivity contribution in [3.8, 4) is 0 Å². The molecule has 4 heteroatoms. The Morgan fingerprint density at radius 1 is 1.33 bits per heavy atom. The maximum Gasteiger partial charge on any atom is 0.0590 e. The van der Waals surface area contributed by atoms with Crippen molar-refractivity contribution in [2.75, 3.05) is 26.8 Å². The summed E-state index contributed by atoms with van der Waals surface area (Å²) >= 11 is 3.61. The Morgan fingerprint density at radius 3 is 2.50 bits per heavy atom. The number of hydrogen-bond donors (Lipinski definition) is 1. The average molecular weight is 315 g/mol. The van der Waals surface area contributed by atoms with E-state index in [1.165, 1.54) is 5.56 Å². The molecule has 0 amide bonds. The fourth-order valence-electron chi connectivity index (χ4n) is 2.16. The van der Waals surface area contributed by atoms with Gasteiger partial charge in [0.2, 0.25) is 0 Å². The van der Waals surface area contributed by atoms with Crippen LogP contribution in [0.4, 0.5) is 0 Å². The van der Waals surface area contributed by atoms with Crippen LogP contribution < -0.4 is 5.73 Å². The van der Waals surface area contributed by atoms with Crippen LogP contribution in [-0.4, -0.2) is 37.7 Å². The summed E-state index contributed by atoms with van der Waals surface area (Å²) in [6.07, 6.45) is 0. The zero-order valence-electron chi connectivity index (χ0n) is 11.4. The van der Waals surface area contributed by atoms with Gasteiger partial charge in [-0.2, -0.15) is 0 Å². The van der Waals surface area contributed by atoms with Gasteiger partial charge in [-0.25, -0.2) is 0 Å². The maximum atomic E-state index is 5.98. The molecular weight excluding hydrogens is 292 g/mol. The van der Waals surface area contributed by atoms with Crippen LogP contribution in [0, 0.1) is 0 Å². The monoisotopic (exact) mass is 314 g/mol. The molecule has 1 aromatic carbocycles. The van der Waals surface area contributed by atoms with E-state index >= 15 is 0 Å². The first-order valence-electron chi connectivity index (χ1n) is 6.31. The van der Waals surface area contributed by atoms with Crippen molar-refractivity contribution in [3.63, 3.8) is 0 Å². The molecule has 0 bridgehead atoms. The van der Waals surface area contributed by atoms with E-state index < -0.39 is 0 Å². The zero-order valence-corrected chi connectivity index (χ0v) is 13.0. The zero-order chi connectivity index (χ0) is 13.5. The molecule has 1 rings (SSSR count). The van der Waals surface area contributed by atoms with E-state index in [1.807, 2.05) is 6.07 Å². The van der Waals surface area contributed by atoms with E-state index in [9.17, 15) is 0 Å². The lowest BCUT2D eigenvalue weighted by Crippen LogP contribution is -2.40. The quantitative estimate of drug-likeness (QED) is 0.841. The molecule has 2 N–H and O–H groups in total. The van der Waals surface area contributed by atoms with E-state index in [2.05, 4.69) is 52.9 Å². The highest BCUT2D eigenvalue weighted by atomic mass is 79.9. The molecule has 0 aliphatic rings. The van der Waals surface area contributed by atoms with Crippen molar-refractivity contribution >= 4 is 15.9 Å². The van der Waals surface area contributed by atoms with Gasteiger partial charge in [-0.1, -0.05) is 34.1 Å². The molecule has 0 aliphatic carbocycles. The predicted octanol–water partition coefficient (Wildman–Crippen LogP) is 2.81. The van der Waals surface area contributed by atoms with Gasteiger partial charge in [-0.15, -0.1) is 0 Å². The minimum Gasteiger partial charge on any atom is -0.383 e. The van der Waals surface area contributed by atoms with Crippen LogP contribution in [0.2, 0.25) is 0 Å². The first-order chi connectivity index (χ1) is 8.61. The summed E-state index contributed by atoms with van der Waals surface area (Å²) in [5, 5.41) is 0. The van der Waals surface area contributed by atoms with E-state index in [1.54, 1.807) is 7.11 Å². The van der Waals surface area contributed by atoms with Crippen molar-refractivity contribution in [3.05, 3.63) is 34.3 Å². The van der Waals surface area contributed by atoms with Gasteiger partial charge in [-0.05, 0) is 25.5 Å². The summed E-state index contributed by atoms with van der Waals surface area (Å²) in [6.45, 7) is 6.59. The van der Waals surface area contributed by atoms with Crippen molar-refractivity contribution in [2.24, 2.45) is 5.73 Å². The van der Waals surface area contributed by atoms with Gasteiger partial charge in [0.05, 0.1) is 6.61 Å². The SMILES string of the molecule is COCCN(C(C)C)C(CN)c1ccccc1Br. The smallest absolute Gasteiger partial charge is 0.0590 e. The Kier molecular flexibility index (Phi) is 6.86. The molecule has 0 heterocycles. The van der Waals surface area contributed by atoms with Gasteiger partial charge in [-0.3, -0.25) is 4.90 Å². The molecule has 0 aromatic heterocycles. The lowest BCUT2D eigenvalue weighted by molar-refractivity contribution is 0.0977. The maximum absolute atomic E-state index is 5.98. The molecule has 3 nitrogen and oxygen atoms in total. The Bertz CT molecular complexity index is 357. The van der Waals surface area contributed by atoms with Gasteiger partial charge in [0.1, 0.15) is 0 Å². The lowest BCUT2D eigenvalue weighted by Gasteiger charge is -2.35. The van der Waals surface area contributed by atoms with Gasteiger partial charge in [0.25, 0.3) is 0 Å². The third-order valence-electron chi connectivity index (χ3n) is 3.10. The minimum atomic E-state index is 0.218. The van der Waals surface area contributed by atoms with E-state index in [-0.39, 0.29) is 6.04 Å². The van der Waals surface area contributed by atoms with Crippen LogP contribution in [0.25, 0.3) is 0 Å². The van der Waals surface area contributed by atoms with Crippen LogP contribution in [0.15, 0.2) is 28.7 Å². The standard InChI is InChI=1S/C14H23BrN2O/c1-11(2)17(8-9-18-3)14(10-16)12-6-4-5-7-13(12)15/h4-7,11,14H,8-10,16H2,1-3H3. The summed E-state index contributed by atoms with van der Waals surface area (Å²) in [6, 6.07) is 8.92. The van der Waals surface area contributed by atoms with Gasteiger partial charge in [0, 0.05) is 36.8 Å². The van der Waals surface area contributed by atoms with E-state index in [4.69, 9.17) is 10.5 Å². The molecular formula is C14H23BrN2O. The molecule has 0 saturated carbocycles. The molecule has 0 fully saturated rings. The van der Waals surface area contributed by atoms with Crippen molar-refractivity contribution in [2.45, 2.75) is 25.9 Å². The first kappa shape index (κ1) is 15.6. The number of ether oxygens (including phenoxy) is 1. The fourth-order valence-corrected chi connectivity index (χ4v) is 2.71. The topological polar surface area (TPSA) is 38.5 Å². The molecule has 0 spiro atoms. The molecule has 0 aliphatic heterocycles. The van der Waals surface area contributed by atoms with Gasteiger partial charge < -0.3 is 10.5 Å². The number of halogens is 1. The highest BCUT2D eigenvalue weighted by molar-refractivity contribution is 9.10. The highest BCUT2D eigenvalue weighted by Crippen LogP contribution is 2.28. The van der Waals surface area contributed by atoms with Crippen molar-refractivity contribution in [1.82, 2.24) is 4.90 Å². The lowest BCUT2D eigenvalue weighted by atomic mass is 10.0. The second kappa shape index (κ2) is 7.89. The van der Waals surface area contributed by atoms with Crippen molar-refractivity contribution < 1.29 is 4.74 Å². The summed E-state index contributed by atoms with van der Waals surface area (Å²) in [5.41, 5.74) is 7.22. The number of methoxy groups -OCH3 is 1. The Hall–Kier alpha value is -0.420. The van der Waals surface area contributed by atoms with Gasteiger partial charge >= 0.3 is 0 Å². The number of nitrogens with two attached hydrogens (primary N) is 1. The third-order valence-corrected chi connectivity index (χ3v) is 3.83. The second-order valence-corrected chi connectivity index (χ2v) is 5.45. The average Bonchev–Trinajstić information content (AvgIpc) is 2.35. The molecule has 102 valence electrons. The van der Waals surface area contributed by atoms with Crippen LogP contribution in [0.5, 0.6) is 0 Å². The summed E-state index contributed by atoms with van der Waals surface area (Å²) in [5.74, 6) is 0. The molecule has 1 unspecified atom stereocenters. The van der Waals surface area contributed by atoms with Gasteiger partial charge in [0.15, 0.2) is 0 Å². The highest BCUT2D eigenvalue weighted by Gasteiger charge is 2.22. The largest absolute Gasteiger partial charge is 0.383 e. The van der Waals surface area contributed by atoms with Crippen LogP contribution in [0.3, 0.4) is 0 Å². The Labute approximate surface area is 118 Å². The minimum absolute atomic E-state index is 0.218. The molecule has 18 heavy (non-hydrogen) atoms. The summed E-state index contributed by atoms with van der Waals surface area (Å²) in [7, 11) is 1.73.